The number of imidazole rings is 1. The maximum atomic E-state index is 12.6. The van der Waals surface area contributed by atoms with Gasteiger partial charge in [0.1, 0.15) is 5.75 Å². The highest BCUT2D eigenvalue weighted by Crippen LogP contribution is 2.28. The Bertz CT molecular complexity index is 1510. The third kappa shape index (κ3) is 6.01. The second-order valence-electron chi connectivity index (χ2n) is 8.85. The first-order chi connectivity index (χ1) is 18.1. The van der Waals surface area contributed by atoms with E-state index in [0.29, 0.717) is 18.7 Å². The Balaban J connectivity index is 1.26. The number of aryl methyl sites for hydroxylation is 1. The number of ether oxygens (including phenoxy) is 1. The molecule has 186 valence electrons. The molecule has 2 heterocycles. The van der Waals surface area contributed by atoms with Gasteiger partial charge in [-0.2, -0.15) is 0 Å². The molecular weight excluding hydrogens is 480 g/mol. The maximum absolute atomic E-state index is 12.6. The summed E-state index contributed by atoms with van der Waals surface area (Å²) < 4.78 is 7.49. The van der Waals surface area contributed by atoms with Gasteiger partial charge in [-0.15, -0.1) is 0 Å². The first-order valence-corrected chi connectivity index (χ1v) is 13.1. The van der Waals surface area contributed by atoms with Gasteiger partial charge in [-0.3, -0.25) is 9.78 Å². The fourth-order valence-corrected chi connectivity index (χ4v) is 5.10. The van der Waals surface area contributed by atoms with Crippen LogP contribution >= 0.6 is 11.8 Å². The predicted molar refractivity (Wildman–Crippen MR) is 148 cm³/mol. The largest absolute Gasteiger partial charge is 0.497 e. The number of thioether (sulfide) groups is 1. The summed E-state index contributed by atoms with van der Waals surface area (Å²) in [4.78, 5) is 21.8. The lowest BCUT2D eigenvalue weighted by molar-refractivity contribution is 0.0951. The summed E-state index contributed by atoms with van der Waals surface area (Å²) in [5, 5.41) is 3.93. The molecule has 0 aliphatic carbocycles. The molecule has 37 heavy (non-hydrogen) atoms. The van der Waals surface area contributed by atoms with E-state index in [1.54, 1.807) is 25.1 Å². The molecule has 2 aromatic heterocycles. The van der Waals surface area contributed by atoms with Gasteiger partial charge in [0.05, 0.1) is 30.9 Å². The van der Waals surface area contributed by atoms with E-state index >= 15 is 0 Å². The number of fused-ring (bicyclic) bond motifs is 1. The Labute approximate surface area is 220 Å². The van der Waals surface area contributed by atoms with Gasteiger partial charge in [0.25, 0.3) is 5.91 Å². The van der Waals surface area contributed by atoms with Crippen LogP contribution in [0.25, 0.3) is 11.0 Å². The van der Waals surface area contributed by atoms with Gasteiger partial charge in [0.15, 0.2) is 5.16 Å². The number of amides is 1. The van der Waals surface area contributed by atoms with Crippen molar-refractivity contribution in [2.24, 2.45) is 0 Å². The quantitative estimate of drug-likeness (QED) is 0.247. The van der Waals surface area contributed by atoms with Crippen LogP contribution in [-0.2, 0) is 18.8 Å². The minimum Gasteiger partial charge on any atom is -0.497 e. The average molecular weight is 509 g/mol. The van der Waals surface area contributed by atoms with Crippen LogP contribution in [0.1, 0.15) is 32.6 Å². The van der Waals surface area contributed by atoms with E-state index < -0.39 is 0 Å². The standard InChI is InChI=1S/C30H28N4O2S/c1-21-4-3-5-24(16-21)17-32-29(35)25-10-6-23(7-11-25)20-37-30-33-27-14-15-31-18-28(27)34(30)19-22-8-12-26(36-2)13-9-22/h3-16,18H,17,19-20H2,1-2H3,(H,32,35). The van der Waals surface area contributed by atoms with Crippen molar-refractivity contribution in [2.45, 2.75) is 30.9 Å². The summed E-state index contributed by atoms with van der Waals surface area (Å²) in [6.07, 6.45) is 3.63. The Kier molecular flexibility index (Phi) is 7.51. The first-order valence-electron chi connectivity index (χ1n) is 12.1. The monoisotopic (exact) mass is 508 g/mol. The number of rotatable bonds is 9. The van der Waals surface area contributed by atoms with Gasteiger partial charge < -0.3 is 14.6 Å². The fraction of sp³-hybridized carbons (Fsp3) is 0.167. The fourth-order valence-electron chi connectivity index (χ4n) is 4.13. The lowest BCUT2D eigenvalue weighted by Gasteiger charge is -2.10. The molecule has 0 saturated carbocycles. The Morgan fingerprint density at radius 3 is 2.51 bits per heavy atom. The Morgan fingerprint density at radius 2 is 1.76 bits per heavy atom. The number of aromatic nitrogens is 3. The number of methoxy groups -OCH3 is 1. The molecule has 0 fully saturated rings. The van der Waals surface area contributed by atoms with E-state index in [1.807, 2.05) is 73.8 Å². The third-order valence-electron chi connectivity index (χ3n) is 6.13. The lowest BCUT2D eigenvalue weighted by atomic mass is 10.1. The Hall–Kier alpha value is -4.10. The minimum atomic E-state index is -0.0745. The Morgan fingerprint density at radius 1 is 0.973 bits per heavy atom. The van der Waals surface area contributed by atoms with Crippen molar-refractivity contribution in [3.05, 3.63) is 119 Å². The first kappa shape index (κ1) is 24.6. The third-order valence-corrected chi connectivity index (χ3v) is 7.18. The normalized spacial score (nSPS) is 11.0. The molecule has 3 aromatic carbocycles. The number of nitrogens with zero attached hydrogens (tertiary/aromatic N) is 3. The van der Waals surface area contributed by atoms with Crippen LogP contribution in [-0.4, -0.2) is 27.6 Å². The van der Waals surface area contributed by atoms with Crippen molar-refractivity contribution in [1.29, 1.82) is 0 Å². The molecule has 0 unspecified atom stereocenters. The van der Waals surface area contributed by atoms with Gasteiger partial charge >= 0.3 is 0 Å². The summed E-state index contributed by atoms with van der Waals surface area (Å²) in [5.41, 5.74) is 7.14. The number of nitrogens with one attached hydrogen (secondary N) is 1. The van der Waals surface area contributed by atoms with Crippen LogP contribution in [0.5, 0.6) is 5.75 Å². The van der Waals surface area contributed by atoms with Crippen molar-refractivity contribution < 1.29 is 9.53 Å². The number of carbonyl (C=O) groups excluding carboxylic acids is 1. The highest BCUT2D eigenvalue weighted by atomic mass is 32.2. The van der Waals surface area contributed by atoms with Gasteiger partial charge in [0.2, 0.25) is 0 Å². The van der Waals surface area contributed by atoms with Crippen molar-refractivity contribution >= 4 is 28.7 Å². The molecular formula is C30H28N4O2S. The second kappa shape index (κ2) is 11.3. The maximum Gasteiger partial charge on any atom is 0.251 e. The van der Waals surface area contributed by atoms with Crippen molar-refractivity contribution in [3.63, 3.8) is 0 Å². The molecule has 7 heteroatoms. The van der Waals surface area contributed by atoms with Crippen LogP contribution in [0, 0.1) is 6.92 Å². The molecule has 6 nitrogen and oxygen atoms in total. The molecule has 1 N–H and O–H groups in total. The molecule has 0 bridgehead atoms. The summed E-state index contributed by atoms with van der Waals surface area (Å²) in [6.45, 7) is 3.25. The zero-order valence-electron chi connectivity index (χ0n) is 20.8. The zero-order valence-corrected chi connectivity index (χ0v) is 21.7. The van der Waals surface area contributed by atoms with E-state index in [0.717, 1.165) is 44.4 Å². The molecule has 1 amide bonds. The molecule has 0 radical (unpaired) electrons. The van der Waals surface area contributed by atoms with Crippen LogP contribution in [0.3, 0.4) is 0 Å². The highest BCUT2D eigenvalue weighted by molar-refractivity contribution is 7.98. The van der Waals surface area contributed by atoms with Crippen LogP contribution in [0.4, 0.5) is 0 Å². The summed E-state index contributed by atoms with van der Waals surface area (Å²) in [7, 11) is 1.67. The number of pyridine rings is 1. The molecule has 5 aromatic rings. The predicted octanol–water partition coefficient (Wildman–Crippen LogP) is 6.02. The summed E-state index contributed by atoms with van der Waals surface area (Å²) in [6, 6.07) is 25.9. The van der Waals surface area contributed by atoms with Crippen LogP contribution in [0.2, 0.25) is 0 Å². The smallest absolute Gasteiger partial charge is 0.251 e. The minimum absolute atomic E-state index is 0.0745. The molecule has 0 aliphatic heterocycles. The number of carbonyl (C=O) groups is 1. The number of benzene rings is 3. The SMILES string of the molecule is COc1ccc(Cn2c(SCc3ccc(C(=O)NCc4cccc(C)c4)cc3)nc3ccncc32)cc1. The molecule has 0 aliphatic rings. The molecule has 0 saturated heterocycles. The summed E-state index contributed by atoms with van der Waals surface area (Å²) in [5.74, 6) is 1.50. The van der Waals surface area contributed by atoms with E-state index in [1.165, 1.54) is 5.56 Å². The molecule has 5 rings (SSSR count). The van der Waals surface area contributed by atoms with Gasteiger partial charge in [-0.05, 0) is 53.9 Å². The van der Waals surface area contributed by atoms with E-state index in [4.69, 9.17) is 9.72 Å². The highest BCUT2D eigenvalue weighted by Gasteiger charge is 2.13. The zero-order chi connectivity index (χ0) is 25.6. The van der Waals surface area contributed by atoms with Crippen molar-refractivity contribution in [2.75, 3.05) is 7.11 Å². The van der Waals surface area contributed by atoms with E-state index in [-0.39, 0.29) is 5.91 Å². The average Bonchev–Trinajstić information content (AvgIpc) is 3.28. The molecule has 0 spiro atoms. The van der Waals surface area contributed by atoms with E-state index in [2.05, 4.69) is 33.1 Å². The topological polar surface area (TPSA) is 69.0 Å². The molecule has 0 atom stereocenters. The summed E-state index contributed by atoms with van der Waals surface area (Å²) >= 11 is 1.67. The second-order valence-corrected chi connectivity index (χ2v) is 9.79. The van der Waals surface area contributed by atoms with Gasteiger partial charge in [-0.1, -0.05) is 65.9 Å². The van der Waals surface area contributed by atoms with E-state index in [9.17, 15) is 4.79 Å². The number of hydrogen-bond donors (Lipinski definition) is 1. The van der Waals surface area contributed by atoms with Gasteiger partial charge in [-0.25, -0.2) is 4.98 Å². The lowest BCUT2D eigenvalue weighted by Crippen LogP contribution is -2.22. The van der Waals surface area contributed by atoms with Crippen molar-refractivity contribution in [3.8, 4) is 5.75 Å². The van der Waals surface area contributed by atoms with Crippen molar-refractivity contribution in [1.82, 2.24) is 19.9 Å². The van der Waals surface area contributed by atoms with Gasteiger partial charge in [0, 0.05) is 24.1 Å². The van der Waals surface area contributed by atoms with Crippen LogP contribution in [0.15, 0.2) is 96.4 Å². The van der Waals surface area contributed by atoms with Crippen LogP contribution < -0.4 is 10.1 Å². The number of hydrogen-bond acceptors (Lipinski definition) is 5.